The third-order valence-electron chi connectivity index (χ3n) is 2.07. The van der Waals surface area contributed by atoms with E-state index in [2.05, 4.69) is 17.2 Å². The van der Waals surface area contributed by atoms with Crippen molar-refractivity contribution in [2.75, 3.05) is 0 Å². The summed E-state index contributed by atoms with van der Waals surface area (Å²) >= 11 is 0. The van der Waals surface area contributed by atoms with Gasteiger partial charge in [0, 0.05) is 0 Å². The topological polar surface area (TPSA) is 36.2 Å². The van der Waals surface area contributed by atoms with Gasteiger partial charge in [-0.25, -0.2) is 5.53 Å². The van der Waals surface area contributed by atoms with Crippen LogP contribution in [0.15, 0.2) is 29.4 Å². The zero-order valence-electron chi connectivity index (χ0n) is 6.25. The van der Waals surface area contributed by atoms with Gasteiger partial charge in [0.1, 0.15) is 0 Å². The summed E-state index contributed by atoms with van der Waals surface area (Å²) in [5.41, 5.74) is 8.91. The summed E-state index contributed by atoms with van der Waals surface area (Å²) in [6.07, 6.45) is 2.66. The van der Waals surface area contributed by atoms with Crippen LogP contribution in [-0.2, 0) is 0 Å². The Morgan fingerprint density at radius 2 is 1.82 bits per heavy atom. The van der Waals surface area contributed by atoms with E-state index in [-0.39, 0.29) is 0 Å². The third-order valence-corrected chi connectivity index (χ3v) is 2.07. The Balaban J connectivity index is 2.25. The Kier molecular flexibility index (Phi) is 1.46. The molecule has 1 aromatic carbocycles. The van der Waals surface area contributed by atoms with Crippen molar-refractivity contribution in [3.8, 4) is 0 Å². The van der Waals surface area contributed by atoms with Crippen molar-refractivity contribution in [3.63, 3.8) is 0 Å². The molecule has 0 saturated heterocycles. The van der Waals surface area contributed by atoms with E-state index < -0.39 is 0 Å². The average molecular weight is 146 g/mol. The van der Waals surface area contributed by atoms with Crippen molar-refractivity contribution in [1.82, 2.24) is 0 Å². The third kappa shape index (κ3) is 1.29. The van der Waals surface area contributed by atoms with Crippen molar-refractivity contribution in [1.29, 1.82) is 5.53 Å². The Hall–Kier alpha value is -1.18. The molecule has 0 radical (unpaired) electrons. The minimum atomic E-state index is 0.745. The first-order valence-electron chi connectivity index (χ1n) is 3.87. The molecule has 1 saturated carbocycles. The summed E-state index contributed by atoms with van der Waals surface area (Å²) in [6, 6.07) is 7.96. The summed E-state index contributed by atoms with van der Waals surface area (Å²) < 4.78 is 0. The van der Waals surface area contributed by atoms with Crippen LogP contribution < -0.4 is 0 Å². The van der Waals surface area contributed by atoms with Gasteiger partial charge in [-0.3, -0.25) is 0 Å². The fourth-order valence-electron chi connectivity index (χ4n) is 1.24. The van der Waals surface area contributed by atoms with Crippen molar-refractivity contribution in [2.45, 2.75) is 18.8 Å². The van der Waals surface area contributed by atoms with Gasteiger partial charge in [-0.15, -0.1) is 0 Å². The first-order chi connectivity index (χ1) is 5.40. The average Bonchev–Trinajstić information content (AvgIpc) is 2.87. The maximum absolute atomic E-state index is 6.76. The quantitative estimate of drug-likeness (QED) is 0.622. The molecular weight excluding hydrogens is 136 g/mol. The molecule has 1 aliphatic carbocycles. The lowest BCUT2D eigenvalue weighted by molar-refractivity contribution is 1.11. The Morgan fingerprint density at radius 1 is 1.18 bits per heavy atom. The van der Waals surface area contributed by atoms with Gasteiger partial charge in [0.25, 0.3) is 0 Å². The molecule has 0 aliphatic heterocycles. The zero-order chi connectivity index (χ0) is 7.68. The molecule has 1 aromatic rings. The summed E-state index contributed by atoms with van der Waals surface area (Å²) in [5, 5.41) is 3.34. The predicted octanol–water partition coefficient (Wildman–Crippen LogP) is 3.23. The highest BCUT2D eigenvalue weighted by atomic mass is 14.9. The van der Waals surface area contributed by atoms with Crippen LogP contribution in [0.5, 0.6) is 0 Å². The van der Waals surface area contributed by atoms with Gasteiger partial charge >= 0.3 is 0 Å². The summed E-state index contributed by atoms with van der Waals surface area (Å²) in [6.45, 7) is 0. The van der Waals surface area contributed by atoms with E-state index in [1.165, 1.54) is 18.4 Å². The second-order valence-corrected chi connectivity index (χ2v) is 2.98. The highest BCUT2D eigenvalue weighted by Crippen LogP contribution is 2.40. The SMILES string of the molecule is N=Nc1ccc(C2CC2)cc1. The molecule has 2 rings (SSSR count). The molecule has 0 unspecified atom stereocenters. The first kappa shape index (κ1) is 6.53. The number of rotatable bonds is 2. The summed E-state index contributed by atoms with van der Waals surface area (Å²) in [5.74, 6) is 0.801. The number of hydrogen-bond donors (Lipinski definition) is 1. The van der Waals surface area contributed by atoms with Crippen LogP contribution >= 0.6 is 0 Å². The molecule has 1 N–H and O–H groups in total. The molecule has 0 atom stereocenters. The maximum Gasteiger partial charge on any atom is 0.0850 e. The van der Waals surface area contributed by atoms with Gasteiger partial charge in [-0.1, -0.05) is 12.1 Å². The molecule has 0 amide bonds. The van der Waals surface area contributed by atoms with E-state index in [0.29, 0.717) is 0 Å². The lowest BCUT2D eigenvalue weighted by Crippen LogP contribution is -1.75. The maximum atomic E-state index is 6.76. The summed E-state index contributed by atoms with van der Waals surface area (Å²) in [7, 11) is 0. The second-order valence-electron chi connectivity index (χ2n) is 2.98. The Morgan fingerprint density at radius 3 is 2.27 bits per heavy atom. The van der Waals surface area contributed by atoms with Gasteiger partial charge in [0.2, 0.25) is 0 Å². The second kappa shape index (κ2) is 2.46. The van der Waals surface area contributed by atoms with E-state index in [1.807, 2.05) is 12.1 Å². The highest BCUT2D eigenvalue weighted by molar-refractivity contribution is 5.39. The lowest BCUT2D eigenvalue weighted by Gasteiger charge is -1.95. The smallest absolute Gasteiger partial charge is 0.0850 e. The molecule has 0 aromatic heterocycles. The number of nitrogens with zero attached hydrogens (tertiary/aromatic N) is 1. The van der Waals surface area contributed by atoms with Gasteiger partial charge in [0.15, 0.2) is 0 Å². The van der Waals surface area contributed by atoms with Crippen LogP contribution in [0.2, 0.25) is 0 Å². The minimum Gasteiger partial charge on any atom is -0.204 e. The fourth-order valence-corrected chi connectivity index (χ4v) is 1.24. The lowest BCUT2D eigenvalue weighted by atomic mass is 10.1. The molecule has 0 heterocycles. The molecule has 1 aliphatic rings. The Bertz CT molecular complexity index is 259. The van der Waals surface area contributed by atoms with Crippen LogP contribution in [0.4, 0.5) is 5.69 Å². The minimum absolute atomic E-state index is 0.745. The van der Waals surface area contributed by atoms with Gasteiger partial charge in [-0.05, 0) is 36.5 Å². The molecule has 0 bridgehead atoms. The largest absolute Gasteiger partial charge is 0.204 e. The molecule has 11 heavy (non-hydrogen) atoms. The van der Waals surface area contributed by atoms with E-state index in [1.54, 1.807) is 0 Å². The highest BCUT2D eigenvalue weighted by Gasteiger charge is 2.22. The van der Waals surface area contributed by atoms with Crippen LogP contribution in [-0.4, -0.2) is 0 Å². The van der Waals surface area contributed by atoms with E-state index in [0.717, 1.165) is 11.6 Å². The first-order valence-corrected chi connectivity index (χ1v) is 3.87. The van der Waals surface area contributed by atoms with Crippen molar-refractivity contribution in [3.05, 3.63) is 29.8 Å². The van der Waals surface area contributed by atoms with E-state index >= 15 is 0 Å². The van der Waals surface area contributed by atoms with Crippen molar-refractivity contribution >= 4 is 5.69 Å². The summed E-state index contributed by atoms with van der Waals surface area (Å²) in [4.78, 5) is 0. The molecule has 0 spiro atoms. The fraction of sp³-hybridized carbons (Fsp3) is 0.333. The Labute approximate surface area is 65.8 Å². The molecule has 56 valence electrons. The molecule has 2 nitrogen and oxygen atoms in total. The van der Waals surface area contributed by atoms with Gasteiger partial charge in [0.05, 0.1) is 5.69 Å². The predicted molar refractivity (Wildman–Crippen MR) is 43.2 cm³/mol. The van der Waals surface area contributed by atoms with Gasteiger partial charge in [-0.2, -0.15) is 5.11 Å². The molecule has 2 heteroatoms. The van der Waals surface area contributed by atoms with Crippen molar-refractivity contribution < 1.29 is 0 Å². The van der Waals surface area contributed by atoms with Crippen LogP contribution in [0.3, 0.4) is 0 Å². The number of nitrogens with one attached hydrogen (secondary N) is 1. The van der Waals surface area contributed by atoms with Crippen molar-refractivity contribution in [2.24, 2.45) is 5.11 Å². The number of benzene rings is 1. The monoisotopic (exact) mass is 146 g/mol. The van der Waals surface area contributed by atoms with Crippen LogP contribution in [0, 0.1) is 5.53 Å². The molecular formula is C9H10N2. The number of hydrogen-bond acceptors (Lipinski definition) is 2. The van der Waals surface area contributed by atoms with E-state index in [9.17, 15) is 0 Å². The van der Waals surface area contributed by atoms with Crippen LogP contribution in [0.1, 0.15) is 24.3 Å². The normalized spacial score (nSPS) is 16.4. The zero-order valence-corrected chi connectivity index (χ0v) is 6.25. The van der Waals surface area contributed by atoms with Crippen LogP contribution in [0.25, 0.3) is 0 Å². The van der Waals surface area contributed by atoms with Gasteiger partial charge < -0.3 is 0 Å². The standard InChI is InChI=1S/C9H10N2/c10-11-9-5-3-8(4-6-9)7-1-2-7/h3-7,10H,1-2H2. The molecule has 1 fully saturated rings. The van der Waals surface area contributed by atoms with E-state index in [4.69, 9.17) is 5.53 Å².